The second-order valence-electron chi connectivity index (χ2n) is 5.44. The van der Waals surface area contributed by atoms with Crippen LogP contribution in [0.2, 0.25) is 0 Å². The van der Waals surface area contributed by atoms with Gasteiger partial charge >= 0.3 is 0 Å². The molecule has 116 valence electrons. The van der Waals surface area contributed by atoms with Gasteiger partial charge in [-0.1, -0.05) is 0 Å². The topological polar surface area (TPSA) is 62.6 Å². The van der Waals surface area contributed by atoms with Gasteiger partial charge in [0.1, 0.15) is 11.5 Å². The monoisotopic (exact) mass is 318 g/mol. The van der Waals surface area contributed by atoms with Crippen molar-refractivity contribution >= 4 is 23.2 Å². The van der Waals surface area contributed by atoms with Gasteiger partial charge < -0.3 is 14.6 Å². The van der Waals surface area contributed by atoms with Gasteiger partial charge in [0.05, 0.1) is 11.4 Å². The third-order valence-electron chi connectivity index (χ3n) is 3.75. The maximum Gasteiger partial charge on any atom is 0.261 e. The molecule has 2 aromatic heterocycles. The lowest BCUT2D eigenvalue weighted by Crippen LogP contribution is -2.33. The third-order valence-corrected chi connectivity index (χ3v) is 4.99. The number of nitrogens with one attached hydrogen (secondary N) is 1. The van der Waals surface area contributed by atoms with Crippen LogP contribution in [-0.2, 0) is 24.3 Å². The van der Waals surface area contributed by atoms with Crippen molar-refractivity contribution in [3.8, 4) is 0 Å². The molecule has 1 N–H and O–H groups in total. The predicted molar refractivity (Wildman–Crippen MR) is 83.7 cm³/mol. The summed E-state index contributed by atoms with van der Waals surface area (Å²) in [4.78, 5) is 27.4. The van der Waals surface area contributed by atoms with Crippen LogP contribution in [0.1, 0.15) is 38.6 Å². The summed E-state index contributed by atoms with van der Waals surface area (Å²) in [6.07, 6.45) is 0.824. The van der Waals surface area contributed by atoms with E-state index in [4.69, 9.17) is 4.42 Å². The molecule has 0 bridgehead atoms. The van der Waals surface area contributed by atoms with E-state index in [1.165, 1.54) is 16.2 Å². The summed E-state index contributed by atoms with van der Waals surface area (Å²) in [6.45, 7) is 5.17. The maximum atomic E-state index is 12.2. The second-order valence-corrected chi connectivity index (χ2v) is 6.58. The molecule has 0 aromatic carbocycles. The molecule has 0 unspecified atom stereocenters. The number of furan rings is 1. The Morgan fingerprint density at radius 2 is 2.23 bits per heavy atom. The molecular weight excluding hydrogens is 300 g/mol. The molecule has 0 spiro atoms. The zero-order valence-electron chi connectivity index (χ0n) is 12.6. The largest absolute Gasteiger partial charge is 0.465 e. The van der Waals surface area contributed by atoms with Gasteiger partial charge in [0, 0.05) is 24.9 Å². The lowest BCUT2D eigenvalue weighted by Gasteiger charge is -2.25. The fourth-order valence-electron chi connectivity index (χ4n) is 2.55. The van der Waals surface area contributed by atoms with Crippen LogP contribution < -0.4 is 5.32 Å². The van der Waals surface area contributed by atoms with Gasteiger partial charge in [-0.05, 0) is 37.1 Å². The van der Waals surface area contributed by atoms with Crippen molar-refractivity contribution < 1.29 is 14.0 Å². The van der Waals surface area contributed by atoms with Gasteiger partial charge in [0.15, 0.2) is 0 Å². The molecule has 1 aliphatic heterocycles. The van der Waals surface area contributed by atoms with Crippen molar-refractivity contribution in [3.63, 3.8) is 0 Å². The highest BCUT2D eigenvalue weighted by Crippen LogP contribution is 2.28. The molecule has 3 rings (SSSR count). The summed E-state index contributed by atoms with van der Waals surface area (Å²) in [5, 5.41) is 2.87. The SMILES string of the molecule is CC(=O)N1CCc2sc(C(=O)NCc3ccc(C)o3)cc2C1. The van der Waals surface area contributed by atoms with Crippen LogP contribution in [0.25, 0.3) is 0 Å². The molecule has 6 heteroatoms. The molecule has 1 aliphatic rings. The lowest BCUT2D eigenvalue weighted by molar-refractivity contribution is -0.129. The first-order chi connectivity index (χ1) is 10.5. The minimum absolute atomic E-state index is 0.0797. The highest BCUT2D eigenvalue weighted by molar-refractivity contribution is 7.14. The highest BCUT2D eigenvalue weighted by Gasteiger charge is 2.22. The molecule has 2 amide bonds. The van der Waals surface area contributed by atoms with E-state index in [1.54, 1.807) is 6.92 Å². The van der Waals surface area contributed by atoms with Crippen LogP contribution in [0.15, 0.2) is 22.6 Å². The average molecular weight is 318 g/mol. The normalized spacial score (nSPS) is 13.8. The number of hydrogen-bond donors (Lipinski definition) is 1. The Kier molecular flexibility index (Phi) is 4.02. The number of thiophene rings is 1. The Bertz CT molecular complexity index is 717. The molecule has 0 atom stereocenters. The van der Waals surface area contributed by atoms with Gasteiger partial charge in [-0.25, -0.2) is 0 Å². The number of fused-ring (bicyclic) bond motifs is 1. The lowest BCUT2D eigenvalue weighted by atomic mass is 10.1. The number of aryl methyl sites for hydroxylation is 1. The molecule has 0 radical (unpaired) electrons. The van der Waals surface area contributed by atoms with Crippen LogP contribution in [0, 0.1) is 6.92 Å². The predicted octanol–water partition coefficient (Wildman–Crippen LogP) is 2.48. The van der Waals surface area contributed by atoms with E-state index in [-0.39, 0.29) is 11.8 Å². The first kappa shape index (κ1) is 14.8. The average Bonchev–Trinajstić information content (AvgIpc) is 3.09. The number of nitrogens with zero attached hydrogens (tertiary/aromatic N) is 1. The summed E-state index contributed by atoms with van der Waals surface area (Å²) in [5.41, 5.74) is 1.09. The van der Waals surface area contributed by atoms with Crippen LogP contribution in [0.4, 0.5) is 0 Å². The van der Waals surface area contributed by atoms with Gasteiger partial charge in [-0.3, -0.25) is 9.59 Å². The van der Waals surface area contributed by atoms with E-state index in [1.807, 2.05) is 30.0 Å². The molecule has 0 saturated heterocycles. The fraction of sp³-hybridized carbons (Fsp3) is 0.375. The van der Waals surface area contributed by atoms with Gasteiger partial charge in [-0.2, -0.15) is 0 Å². The summed E-state index contributed by atoms with van der Waals surface area (Å²) in [7, 11) is 0. The zero-order chi connectivity index (χ0) is 15.7. The number of carbonyl (C=O) groups is 2. The summed E-state index contributed by atoms with van der Waals surface area (Å²) in [6, 6.07) is 5.64. The Balaban J connectivity index is 1.65. The third kappa shape index (κ3) is 3.06. The summed E-state index contributed by atoms with van der Waals surface area (Å²) in [5.74, 6) is 1.56. The van der Waals surface area contributed by atoms with E-state index in [9.17, 15) is 9.59 Å². The number of hydrogen-bond acceptors (Lipinski definition) is 4. The molecular formula is C16H18N2O3S. The fourth-order valence-corrected chi connectivity index (χ4v) is 3.63. The van der Waals surface area contributed by atoms with Crippen LogP contribution >= 0.6 is 11.3 Å². The zero-order valence-corrected chi connectivity index (χ0v) is 13.5. The maximum absolute atomic E-state index is 12.2. The Morgan fingerprint density at radius 1 is 1.41 bits per heavy atom. The Labute approximate surface area is 132 Å². The van der Waals surface area contributed by atoms with E-state index in [2.05, 4.69) is 5.32 Å². The minimum atomic E-state index is -0.0946. The minimum Gasteiger partial charge on any atom is -0.465 e. The smallest absolute Gasteiger partial charge is 0.261 e. The molecule has 0 aliphatic carbocycles. The number of carbonyl (C=O) groups excluding carboxylic acids is 2. The van der Waals surface area contributed by atoms with Gasteiger partial charge in [0.2, 0.25) is 5.91 Å². The molecule has 22 heavy (non-hydrogen) atoms. The first-order valence-corrected chi connectivity index (χ1v) is 8.05. The Hall–Kier alpha value is -2.08. The Morgan fingerprint density at radius 3 is 2.91 bits per heavy atom. The van der Waals surface area contributed by atoms with Gasteiger partial charge in [-0.15, -0.1) is 11.3 Å². The van der Waals surface area contributed by atoms with Crippen molar-refractivity contribution in [3.05, 3.63) is 45.0 Å². The number of amides is 2. The van der Waals surface area contributed by atoms with E-state index in [0.29, 0.717) is 18.0 Å². The van der Waals surface area contributed by atoms with Crippen LogP contribution in [0.3, 0.4) is 0 Å². The molecule has 5 nitrogen and oxygen atoms in total. The summed E-state index contributed by atoms with van der Waals surface area (Å²) >= 11 is 1.52. The standard InChI is InChI=1S/C16H18N2O3S/c1-10-3-4-13(21-10)8-17-16(20)15-7-12-9-18(11(2)19)6-5-14(12)22-15/h3-4,7H,5-6,8-9H2,1-2H3,(H,17,20). The van der Waals surface area contributed by atoms with E-state index in [0.717, 1.165) is 30.0 Å². The summed E-state index contributed by atoms with van der Waals surface area (Å²) < 4.78 is 5.44. The number of rotatable bonds is 3. The molecule has 0 saturated carbocycles. The van der Waals surface area contributed by atoms with Crippen molar-refractivity contribution in [2.45, 2.75) is 33.4 Å². The molecule has 3 heterocycles. The van der Waals surface area contributed by atoms with Crippen LogP contribution in [0.5, 0.6) is 0 Å². The van der Waals surface area contributed by atoms with Crippen molar-refractivity contribution in [1.29, 1.82) is 0 Å². The van der Waals surface area contributed by atoms with Crippen LogP contribution in [-0.4, -0.2) is 23.3 Å². The highest BCUT2D eigenvalue weighted by atomic mass is 32.1. The van der Waals surface area contributed by atoms with E-state index < -0.39 is 0 Å². The van der Waals surface area contributed by atoms with Gasteiger partial charge in [0.25, 0.3) is 5.91 Å². The molecule has 2 aromatic rings. The second kappa shape index (κ2) is 5.96. The van der Waals surface area contributed by atoms with E-state index >= 15 is 0 Å². The van der Waals surface area contributed by atoms with Crippen molar-refractivity contribution in [1.82, 2.24) is 10.2 Å². The quantitative estimate of drug-likeness (QED) is 0.945. The van der Waals surface area contributed by atoms with Crippen molar-refractivity contribution in [2.24, 2.45) is 0 Å². The first-order valence-electron chi connectivity index (χ1n) is 7.23. The van der Waals surface area contributed by atoms with Crippen molar-refractivity contribution in [2.75, 3.05) is 6.54 Å². The molecule has 0 fully saturated rings.